The van der Waals surface area contributed by atoms with Crippen LogP contribution in [0.5, 0.6) is 5.88 Å². The molecular formula is C22H14ClFN4O3S. The maximum atomic E-state index is 13.4. The number of para-hydroxylation sites is 2. The highest BCUT2D eigenvalue weighted by Gasteiger charge is 2.19. The number of H-pyrrole nitrogens is 1. The van der Waals surface area contributed by atoms with E-state index in [1.54, 1.807) is 12.1 Å². The van der Waals surface area contributed by atoms with Crippen LogP contribution in [0.15, 0.2) is 81.4 Å². The lowest BCUT2D eigenvalue weighted by molar-refractivity contribution is 0.457. The predicted molar refractivity (Wildman–Crippen MR) is 119 cm³/mol. The maximum Gasteiger partial charge on any atom is 0.261 e. The van der Waals surface area contributed by atoms with Crippen molar-refractivity contribution in [1.82, 2.24) is 4.98 Å². The molecule has 10 heteroatoms. The second-order valence-electron chi connectivity index (χ2n) is 7.04. The number of nitrogens with zero attached hydrogens (tertiary/aromatic N) is 2. The van der Waals surface area contributed by atoms with Crippen LogP contribution in [0.25, 0.3) is 17.0 Å². The second kappa shape index (κ2) is 7.47. The predicted octanol–water partition coefficient (Wildman–Crippen LogP) is 3.72. The average molecular weight is 469 g/mol. The van der Waals surface area contributed by atoms with Gasteiger partial charge in [0, 0.05) is 16.5 Å². The smallest absolute Gasteiger partial charge is 0.261 e. The molecule has 4 aromatic rings. The Hall–Kier alpha value is -3.69. The third-order valence-corrected chi connectivity index (χ3v) is 6.57. The van der Waals surface area contributed by atoms with Gasteiger partial charge in [0.05, 0.1) is 26.3 Å². The van der Waals surface area contributed by atoms with Gasteiger partial charge in [-0.15, -0.1) is 0 Å². The minimum Gasteiger partial charge on any atom is -0.494 e. The first-order valence-electron chi connectivity index (χ1n) is 9.37. The van der Waals surface area contributed by atoms with Crippen molar-refractivity contribution in [3.8, 4) is 5.88 Å². The van der Waals surface area contributed by atoms with E-state index in [0.717, 1.165) is 6.07 Å². The zero-order chi connectivity index (χ0) is 22.5. The van der Waals surface area contributed by atoms with Gasteiger partial charge in [-0.1, -0.05) is 23.7 Å². The van der Waals surface area contributed by atoms with Gasteiger partial charge in [-0.25, -0.2) is 22.8 Å². The van der Waals surface area contributed by atoms with Gasteiger partial charge in [0.2, 0.25) is 0 Å². The zero-order valence-corrected chi connectivity index (χ0v) is 17.7. The van der Waals surface area contributed by atoms with Crippen molar-refractivity contribution >= 4 is 44.3 Å². The molecule has 2 heterocycles. The van der Waals surface area contributed by atoms with Crippen molar-refractivity contribution in [2.45, 2.75) is 4.90 Å². The molecule has 0 aliphatic carbocycles. The van der Waals surface area contributed by atoms with Crippen LogP contribution in [-0.2, 0) is 10.0 Å². The van der Waals surface area contributed by atoms with Crippen molar-refractivity contribution in [1.29, 1.82) is 0 Å². The first kappa shape index (κ1) is 20.2. The summed E-state index contributed by atoms with van der Waals surface area (Å²) in [6, 6.07) is 15.2. The van der Waals surface area contributed by atoms with E-state index in [2.05, 4.69) is 19.7 Å². The topological polar surface area (TPSA) is 107 Å². The fraction of sp³-hybridized carbons (Fsp3) is 0. The third kappa shape index (κ3) is 3.61. The molecule has 32 heavy (non-hydrogen) atoms. The summed E-state index contributed by atoms with van der Waals surface area (Å²) >= 11 is 5.74. The highest BCUT2D eigenvalue weighted by molar-refractivity contribution is 7.92. The summed E-state index contributed by atoms with van der Waals surface area (Å²) in [6.45, 7) is 0. The molecule has 160 valence electrons. The molecular weight excluding hydrogens is 455 g/mol. The molecule has 5 rings (SSSR count). The minimum absolute atomic E-state index is 0.0484. The van der Waals surface area contributed by atoms with Gasteiger partial charge in [-0.2, -0.15) is 0 Å². The Morgan fingerprint density at radius 3 is 2.44 bits per heavy atom. The van der Waals surface area contributed by atoms with E-state index in [1.165, 1.54) is 24.3 Å². The first-order chi connectivity index (χ1) is 15.3. The molecule has 0 unspecified atom stereocenters. The number of hydrogen-bond donors (Lipinski definition) is 3. The Morgan fingerprint density at radius 1 is 1.03 bits per heavy atom. The van der Waals surface area contributed by atoms with Gasteiger partial charge < -0.3 is 10.1 Å². The summed E-state index contributed by atoms with van der Waals surface area (Å²) in [4.78, 5) is 11.6. The molecule has 0 saturated carbocycles. The summed E-state index contributed by atoms with van der Waals surface area (Å²) in [5.74, 6) is -0.405. The Labute approximate surface area is 186 Å². The van der Waals surface area contributed by atoms with E-state index in [9.17, 15) is 17.9 Å². The summed E-state index contributed by atoms with van der Waals surface area (Å²) in [5.41, 5.74) is 1.02. The Morgan fingerprint density at radius 2 is 1.75 bits per heavy atom. The van der Waals surface area contributed by atoms with Crippen LogP contribution >= 0.6 is 11.6 Å². The van der Waals surface area contributed by atoms with E-state index in [4.69, 9.17) is 11.6 Å². The van der Waals surface area contributed by atoms with Crippen molar-refractivity contribution in [3.63, 3.8) is 0 Å². The number of nitrogens with one attached hydrogen (secondary N) is 2. The van der Waals surface area contributed by atoms with Crippen LogP contribution in [-0.4, -0.2) is 18.5 Å². The number of aromatic nitrogens is 1. The average Bonchev–Trinajstić information content (AvgIpc) is 3.30. The van der Waals surface area contributed by atoms with Crippen LogP contribution in [0, 0.1) is 5.82 Å². The maximum absolute atomic E-state index is 13.4. The Kier molecular flexibility index (Phi) is 4.72. The number of anilines is 1. The molecule has 1 aromatic heterocycles. The molecule has 0 saturated heterocycles. The number of hydrogen-bond acceptors (Lipinski definition) is 5. The van der Waals surface area contributed by atoms with Gasteiger partial charge >= 0.3 is 0 Å². The largest absolute Gasteiger partial charge is 0.494 e. The van der Waals surface area contributed by atoms with E-state index in [-0.39, 0.29) is 21.5 Å². The van der Waals surface area contributed by atoms with E-state index < -0.39 is 15.8 Å². The lowest BCUT2D eigenvalue weighted by Crippen LogP contribution is -2.19. The number of benzene rings is 3. The number of aromatic amines is 1. The molecule has 0 atom stereocenters. The van der Waals surface area contributed by atoms with Crippen LogP contribution in [0.4, 0.5) is 10.1 Å². The summed E-state index contributed by atoms with van der Waals surface area (Å²) in [5, 5.41) is 12.1. The number of fused-ring (bicyclic) bond motifs is 2. The van der Waals surface area contributed by atoms with E-state index >= 15 is 0 Å². The van der Waals surface area contributed by atoms with Gasteiger partial charge in [-0.3, -0.25) is 4.72 Å². The molecule has 1 aliphatic rings. The van der Waals surface area contributed by atoms with Crippen molar-refractivity contribution in [2.75, 3.05) is 4.72 Å². The minimum atomic E-state index is -4.01. The lowest BCUT2D eigenvalue weighted by atomic mass is 10.1. The molecule has 0 radical (unpaired) electrons. The number of halogens is 2. The molecule has 3 aromatic carbocycles. The SMILES string of the molecule is O=S(=O)(Nc1ccc(F)c(Cl)c1)c1ccc2[nH]c(O)c(C=C3N=c4ccccc4=N3)c2c1. The first-order valence-corrected chi connectivity index (χ1v) is 11.2. The monoisotopic (exact) mass is 468 g/mol. The highest BCUT2D eigenvalue weighted by Crippen LogP contribution is 2.32. The third-order valence-electron chi connectivity index (χ3n) is 4.90. The van der Waals surface area contributed by atoms with Gasteiger partial charge in [0.1, 0.15) is 5.82 Å². The molecule has 0 bridgehead atoms. The Bertz CT molecular complexity index is 1630. The van der Waals surface area contributed by atoms with Gasteiger partial charge in [0.25, 0.3) is 10.0 Å². The quantitative estimate of drug-likeness (QED) is 0.425. The molecule has 0 fully saturated rings. The van der Waals surface area contributed by atoms with Gasteiger partial charge in [0.15, 0.2) is 11.7 Å². The summed E-state index contributed by atoms with van der Waals surface area (Å²) < 4.78 is 41.5. The highest BCUT2D eigenvalue weighted by atomic mass is 35.5. The van der Waals surface area contributed by atoms with Crippen LogP contribution < -0.4 is 15.4 Å². The second-order valence-corrected chi connectivity index (χ2v) is 9.13. The Balaban J connectivity index is 1.56. The number of aromatic hydroxyl groups is 1. The molecule has 0 spiro atoms. The van der Waals surface area contributed by atoms with E-state index in [1.807, 2.05) is 24.3 Å². The van der Waals surface area contributed by atoms with Crippen molar-refractivity contribution in [3.05, 3.63) is 93.6 Å². The van der Waals surface area contributed by atoms with Crippen LogP contribution in [0.1, 0.15) is 5.56 Å². The van der Waals surface area contributed by atoms with Crippen molar-refractivity contribution < 1.29 is 17.9 Å². The van der Waals surface area contributed by atoms with Crippen LogP contribution in [0.3, 0.4) is 0 Å². The summed E-state index contributed by atoms with van der Waals surface area (Å²) in [7, 11) is -4.01. The van der Waals surface area contributed by atoms with Gasteiger partial charge in [-0.05, 0) is 54.6 Å². The van der Waals surface area contributed by atoms with E-state index in [0.29, 0.717) is 33.0 Å². The number of rotatable bonds is 4. The molecule has 3 N–H and O–H groups in total. The summed E-state index contributed by atoms with van der Waals surface area (Å²) in [6.07, 6.45) is 1.58. The standard InChI is InChI=1S/C22H14ClFN4O3S/c23-16-9-12(5-7-17(16)24)28-32(30,31)13-6-8-18-14(10-13)15(22(29)27-18)11-21-25-19-3-1-2-4-20(19)26-21/h1-11,27-29H. The fourth-order valence-corrected chi connectivity index (χ4v) is 4.64. The molecule has 7 nitrogen and oxygen atoms in total. The zero-order valence-electron chi connectivity index (χ0n) is 16.2. The molecule has 0 amide bonds. The molecule has 1 aliphatic heterocycles. The normalized spacial score (nSPS) is 12.9. The van der Waals surface area contributed by atoms with Crippen LogP contribution in [0.2, 0.25) is 5.02 Å². The van der Waals surface area contributed by atoms with Crippen molar-refractivity contribution in [2.24, 2.45) is 9.98 Å². The number of sulfonamides is 1. The fourth-order valence-electron chi connectivity index (χ4n) is 3.38. The lowest BCUT2D eigenvalue weighted by Gasteiger charge is -2.09.